The van der Waals surface area contributed by atoms with Crippen molar-refractivity contribution in [1.29, 1.82) is 0 Å². The number of anilines is 1. The minimum atomic E-state index is -3.45. The van der Waals surface area contributed by atoms with E-state index < -0.39 is 21.8 Å². The van der Waals surface area contributed by atoms with Crippen molar-refractivity contribution < 1.29 is 22.4 Å². The number of carbonyl (C=O) groups is 2. The second kappa shape index (κ2) is 9.38. The summed E-state index contributed by atoms with van der Waals surface area (Å²) < 4.78 is 31.1. The Balaban J connectivity index is 1.73. The lowest BCUT2D eigenvalue weighted by molar-refractivity contribution is 0.0951. The van der Waals surface area contributed by atoms with Gasteiger partial charge in [0.15, 0.2) is 5.76 Å². The van der Waals surface area contributed by atoms with Crippen molar-refractivity contribution in [3.8, 4) is 0 Å². The second-order valence-corrected chi connectivity index (χ2v) is 8.32. The van der Waals surface area contributed by atoms with Crippen LogP contribution < -0.4 is 15.4 Å². The third-order valence-corrected chi connectivity index (χ3v) is 5.69. The van der Waals surface area contributed by atoms with Crippen LogP contribution in [0.1, 0.15) is 32.0 Å². The molecule has 0 spiro atoms. The normalized spacial score (nSPS) is 11.1. The smallest absolute Gasteiger partial charge is 0.291 e. The molecule has 156 valence electrons. The maximum absolute atomic E-state index is 12.7. The minimum absolute atomic E-state index is 0.130. The highest BCUT2D eigenvalue weighted by molar-refractivity contribution is 7.88. The molecule has 3 aromatic rings. The van der Waals surface area contributed by atoms with E-state index in [2.05, 4.69) is 15.4 Å². The molecule has 0 bridgehead atoms. The van der Waals surface area contributed by atoms with Crippen LogP contribution in [0.25, 0.3) is 0 Å². The van der Waals surface area contributed by atoms with E-state index in [0.29, 0.717) is 16.8 Å². The molecular formula is C21H21N3O5S. The highest BCUT2D eigenvalue weighted by Gasteiger charge is 2.16. The van der Waals surface area contributed by atoms with Gasteiger partial charge in [-0.25, -0.2) is 13.1 Å². The average molecular weight is 427 g/mol. The molecule has 0 aliphatic heterocycles. The van der Waals surface area contributed by atoms with Crippen molar-refractivity contribution in [2.45, 2.75) is 12.3 Å². The topological polar surface area (TPSA) is 118 Å². The lowest BCUT2D eigenvalue weighted by atomic mass is 10.1. The summed E-state index contributed by atoms with van der Waals surface area (Å²) in [5.41, 5.74) is 1.88. The molecule has 0 fully saturated rings. The number of benzene rings is 2. The maximum atomic E-state index is 12.7. The number of para-hydroxylation sites is 1. The van der Waals surface area contributed by atoms with Gasteiger partial charge in [-0.05, 0) is 42.4 Å². The fraction of sp³-hybridized carbons (Fsp3) is 0.143. The van der Waals surface area contributed by atoms with Gasteiger partial charge in [-0.2, -0.15) is 0 Å². The summed E-state index contributed by atoms with van der Waals surface area (Å²) >= 11 is 0. The molecule has 3 N–H and O–H groups in total. The van der Waals surface area contributed by atoms with Crippen LogP contribution in [0, 0.1) is 0 Å². The van der Waals surface area contributed by atoms with E-state index in [-0.39, 0.29) is 23.6 Å². The van der Waals surface area contributed by atoms with Crippen molar-refractivity contribution >= 4 is 27.5 Å². The van der Waals surface area contributed by atoms with Crippen molar-refractivity contribution in [2.24, 2.45) is 0 Å². The molecule has 0 unspecified atom stereocenters. The molecule has 0 radical (unpaired) electrons. The molecule has 2 aromatic carbocycles. The number of amides is 2. The quantitative estimate of drug-likeness (QED) is 0.511. The van der Waals surface area contributed by atoms with Gasteiger partial charge in [0.2, 0.25) is 10.0 Å². The fourth-order valence-corrected chi connectivity index (χ4v) is 3.64. The average Bonchev–Trinajstić information content (AvgIpc) is 3.28. The lowest BCUT2D eigenvalue weighted by Crippen LogP contribution is -2.26. The van der Waals surface area contributed by atoms with E-state index >= 15 is 0 Å². The molecule has 8 nitrogen and oxygen atoms in total. The fourth-order valence-electron chi connectivity index (χ4n) is 2.80. The summed E-state index contributed by atoms with van der Waals surface area (Å²) in [6, 6.07) is 16.7. The number of sulfonamides is 1. The zero-order chi connectivity index (χ0) is 21.6. The first-order chi connectivity index (χ1) is 14.4. The maximum Gasteiger partial charge on any atom is 0.291 e. The summed E-state index contributed by atoms with van der Waals surface area (Å²) in [7, 11) is -2.09. The Morgan fingerprint density at radius 2 is 1.60 bits per heavy atom. The predicted octanol–water partition coefficient (Wildman–Crippen LogP) is 2.51. The summed E-state index contributed by atoms with van der Waals surface area (Å²) in [6.07, 6.45) is 1.39. The Labute approximate surface area is 174 Å². The third-order valence-electron chi connectivity index (χ3n) is 4.38. The van der Waals surface area contributed by atoms with Gasteiger partial charge in [0.1, 0.15) is 0 Å². The van der Waals surface area contributed by atoms with E-state index in [9.17, 15) is 18.0 Å². The molecule has 0 saturated heterocycles. The first-order valence-corrected chi connectivity index (χ1v) is 10.7. The minimum Gasteiger partial charge on any atom is -0.459 e. The van der Waals surface area contributed by atoms with E-state index in [1.807, 2.05) is 0 Å². The Bertz CT molecular complexity index is 1140. The summed E-state index contributed by atoms with van der Waals surface area (Å²) in [5, 5.41) is 5.44. The van der Waals surface area contributed by atoms with Crippen molar-refractivity contribution in [3.63, 3.8) is 0 Å². The SMILES string of the molecule is CNS(=O)(=O)Cc1ccccc1CNC(=O)c1ccccc1NC(=O)c1ccco1. The number of hydrogen-bond acceptors (Lipinski definition) is 5. The highest BCUT2D eigenvalue weighted by atomic mass is 32.2. The molecule has 0 saturated carbocycles. The first kappa shape index (κ1) is 21.3. The molecular weight excluding hydrogens is 406 g/mol. The number of furan rings is 1. The zero-order valence-electron chi connectivity index (χ0n) is 16.2. The van der Waals surface area contributed by atoms with Gasteiger partial charge in [0.05, 0.1) is 23.3 Å². The number of nitrogens with one attached hydrogen (secondary N) is 3. The van der Waals surface area contributed by atoms with Gasteiger partial charge in [-0.15, -0.1) is 0 Å². The molecule has 1 aromatic heterocycles. The molecule has 1 heterocycles. The van der Waals surface area contributed by atoms with Gasteiger partial charge < -0.3 is 15.1 Å². The molecule has 9 heteroatoms. The third kappa shape index (κ3) is 5.34. The number of carbonyl (C=O) groups excluding carboxylic acids is 2. The van der Waals surface area contributed by atoms with E-state index in [1.54, 1.807) is 54.6 Å². The van der Waals surface area contributed by atoms with Crippen molar-refractivity contribution in [2.75, 3.05) is 12.4 Å². The van der Waals surface area contributed by atoms with Gasteiger partial charge >= 0.3 is 0 Å². The van der Waals surface area contributed by atoms with Crippen molar-refractivity contribution in [3.05, 3.63) is 89.4 Å². The van der Waals surface area contributed by atoms with Crippen LogP contribution >= 0.6 is 0 Å². The van der Waals surface area contributed by atoms with Gasteiger partial charge in [-0.1, -0.05) is 36.4 Å². The van der Waals surface area contributed by atoms with E-state index in [0.717, 1.165) is 0 Å². The Morgan fingerprint density at radius 3 is 2.30 bits per heavy atom. The largest absolute Gasteiger partial charge is 0.459 e. The van der Waals surface area contributed by atoms with Crippen LogP contribution in [0.3, 0.4) is 0 Å². The highest BCUT2D eigenvalue weighted by Crippen LogP contribution is 2.17. The standard InChI is InChI=1S/C21H21N3O5S/c1-22-30(27,28)14-16-8-3-2-7-15(16)13-23-20(25)17-9-4-5-10-18(17)24-21(26)19-11-6-12-29-19/h2-12,22H,13-14H2,1H3,(H,23,25)(H,24,26). The molecule has 3 rings (SSSR count). The van der Waals surface area contributed by atoms with Crippen LogP contribution in [0.15, 0.2) is 71.3 Å². The zero-order valence-corrected chi connectivity index (χ0v) is 17.0. The van der Waals surface area contributed by atoms with E-state index in [1.165, 1.54) is 19.4 Å². The monoisotopic (exact) mass is 427 g/mol. The van der Waals surface area contributed by atoms with Gasteiger partial charge in [-0.3, -0.25) is 9.59 Å². The van der Waals surface area contributed by atoms with Gasteiger partial charge in [0.25, 0.3) is 11.8 Å². The second-order valence-electron chi connectivity index (χ2n) is 6.39. The Hall–Kier alpha value is -3.43. The summed E-state index contributed by atoms with van der Waals surface area (Å²) in [5.74, 6) is -0.935. The molecule has 30 heavy (non-hydrogen) atoms. The van der Waals surface area contributed by atoms with Crippen LogP contribution in [-0.4, -0.2) is 27.3 Å². The number of hydrogen-bond donors (Lipinski definition) is 3. The number of rotatable bonds is 8. The lowest BCUT2D eigenvalue weighted by Gasteiger charge is -2.13. The summed E-state index contributed by atoms with van der Waals surface area (Å²) in [4.78, 5) is 25.0. The molecule has 2 amide bonds. The van der Waals surface area contributed by atoms with Crippen LogP contribution in [-0.2, 0) is 22.3 Å². The van der Waals surface area contributed by atoms with Crippen LogP contribution in [0.4, 0.5) is 5.69 Å². The Kier molecular flexibility index (Phi) is 6.65. The molecule has 0 aliphatic rings. The van der Waals surface area contributed by atoms with Gasteiger partial charge in [0, 0.05) is 6.54 Å². The van der Waals surface area contributed by atoms with E-state index in [4.69, 9.17) is 4.42 Å². The van der Waals surface area contributed by atoms with Crippen molar-refractivity contribution in [1.82, 2.24) is 10.0 Å². The molecule has 0 atom stereocenters. The Morgan fingerprint density at radius 1 is 0.900 bits per heavy atom. The summed E-state index contributed by atoms with van der Waals surface area (Å²) in [6.45, 7) is 0.134. The van der Waals surface area contributed by atoms with Crippen LogP contribution in [0.2, 0.25) is 0 Å². The first-order valence-electron chi connectivity index (χ1n) is 9.09. The van der Waals surface area contributed by atoms with Crippen LogP contribution in [0.5, 0.6) is 0 Å². The molecule has 0 aliphatic carbocycles. The predicted molar refractivity (Wildman–Crippen MR) is 112 cm³/mol.